The van der Waals surface area contributed by atoms with Gasteiger partial charge in [-0.05, 0) is 12.8 Å². The van der Waals surface area contributed by atoms with Crippen LogP contribution in [0.25, 0.3) is 0 Å². The van der Waals surface area contributed by atoms with Gasteiger partial charge >= 0.3 is 0 Å². The lowest BCUT2D eigenvalue weighted by molar-refractivity contribution is 0.505. The summed E-state index contributed by atoms with van der Waals surface area (Å²) in [5.41, 5.74) is 0. The Bertz CT molecular complexity index is 389. The molecule has 0 saturated heterocycles. The van der Waals surface area contributed by atoms with Crippen molar-refractivity contribution in [2.45, 2.75) is 84.0 Å². The van der Waals surface area contributed by atoms with Crippen molar-refractivity contribution in [3.63, 3.8) is 0 Å². The number of rotatable bonds is 11. The molecule has 112 valence electrons. The van der Waals surface area contributed by atoms with Gasteiger partial charge < -0.3 is 0 Å². The molecule has 0 bridgehead atoms. The number of unbranched alkanes of at least 4 members (excludes halogenated alkanes) is 7. The molecular weight excluding hydrogens is 246 g/mol. The zero-order valence-corrected chi connectivity index (χ0v) is 13.1. The molecule has 0 N–H and O–H groups in total. The van der Waals surface area contributed by atoms with E-state index in [1.807, 2.05) is 0 Å². The predicted molar refractivity (Wildman–Crippen MR) is 83.5 cm³/mol. The summed E-state index contributed by atoms with van der Waals surface area (Å²) in [7, 11) is 0. The van der Waals surface area contributed by atoms with E-state index in [0.29, 0.717) is 5.92 Å². The summed E-state index contributed by atoms with van der Waals surface area (Å²) in [6.45, 7) is 4.45. The molecule has 1 heterocycles. The second kappa shape index (κ2) is 10.5. The summed E-state index contributed by atoms with van der Waals surface area (Å²) in [6, 6.07) is 0. The summed E-state index contributed by atoms with van der Waals surface area (Å²) in [6.07, 6.45) is 18.7. The largest absolute Gasteiger partial charge is 0.240 e. The van der Waals surface area contributed by atoms with Crippen LogP contribution in [0.1, 0.15) is 89.8 Å². The average Bonchev–Trinajstić information content (AvgIpc) is 2.94. The Hall–Kier alpha value is -1.30. The highest BCUT2D eigenvalue weighted by molar-refractivity contribution is 5.06. The minimum atomic E-state index is 0.435. The second-order valence-electron chi connectivity index (χ2n) is 5.62. The van der Waals surface area contributed by atoms with E-state index in [4.69, 9.17) is 5.26 Å². The van der Waals surface area contributed by atoms with Gasteiger partial charge in [-0.25, -0.2) is 9.55 Å². The topological polar surface area (TPSA) is 41.6 Å². The summed E-state index contributed by atoms with van der Waals surface area (Å²) < 4.78 is 1.61. The smallest absolute Gasteiger partial charge is 0.189 e. The predicted octanol–water partition coefficient (Wildman–Crippen LogP) is 5.24. The lowest BCUT2D eigenvalue weighted by Crippen LogP contribution is -2.05. The Balaban J connectivity index is 2.18. The first-order valence-corrected chi connectivity index (χ1v) is 8.26. The van der Waals surface area contributed by atoms with Crippen LogP contribution in [0.3, 0.4) is 0 Å². The Morgan fingerprint density at radius 3 is 2.35 bits per heavy atom. The van der Waals surface area contributed by atoms with Crippen LogP contribution in [0.5, 0.6) is 0 Å². The number of nitriles is 1. The Morgan fingerprint density at radius 1 is 1.10 bits per heavy atom. The lowest BCUT2D eigenvalue weighted by Gasteiger charge is -2.13. The van der Waals surface area contributed by atoms with Crippen molar-refractivity contribution in [2.24, 2.45) is 0 Å². The molecule has 0 radical (unpaired) electrons. The van der Waals surface area contributed by atoms with Gasteiger partial charge in [-0.15, -0.1) is 0 Å². The zero-order chi connectivity index (χ0) is 14.6. The second-order valence-corrected chi connectivity index (χ2v) is 5.62. The number of nitrogens with zero attached hydrogens (tertiary/aromatic N) is 3. The van der Waals surface area contributed by atoms with Gasteiger partial charge in [-0.1, -0.05) is 65.2 Å². The van der Waals surface area contributed by atoms with E-state index in [0.717, 1.165) is 18.7 Å². The first-order chi connectivity index (χ1) is 9.83. The molecule has 0 aliphatic rings. The van der Waals surface area contributed by atoms with Crippen LogP contribution in [0, 0.1) is 11.5 Å². The van der Waals surface area contributed by atoms with Crippen LogP contribution in [0.15, 0.2) is 12.4 Å². The van der Waals surface area contributed by atoms with Crippen molar-refractivity contribution in [3.05, 3.63) is 18.2 Å². The van der Waals surface area contributed by atoms with Crippen LogP contribution in [-0.2, 0) is 0 Å². The minimum absolute atomic E-state index is 0.435. The van der Waals surface area contributed by atoms with Gasteiger partial charge in [0.1, 0.15) is 5.82 Å². The Labute approximate surface area is 124 Å². The molecule has 1 atom stereocenters. The van der Waals surface area contributed by atoms with E-state index < -0.39 is 0 Å². The normalized spacial score (nSPS) is 12.2. The standard InChI is InChI=1S/C17H29N3/c1-3-5-6-7-8-9-10-11-12-16(4-2)17-19-13-14-20(17)15-18/h13-14,16H,3-12H2,1-2H3. The van der Waals surface area contributed by atoms with Gasteiger partial charge in [0.15, 0.2) is 6.19 Å². The molecule has 1 rings (SSSR count). The molecule has 3 nitrogen and oxygen atoms in total. The molecule has 1 aromatic heterocycles. The van der Waals surface area contributed by atoms with E-state index in [1.54, 1.807) is 17.0 Å². The quantitative estimate of drug-likeness (QED) is 0.518. The molecular formula is C17H29N3. The van der Waals surface area contributed by atoms with Crippen LogP contribution < -0.4 is 0 Å². The molecule has 0 amide bonds. The van der Waals surface area contributed by atoms with Gasteiger partial charge in [0, 0.05) is 18.3 Å². The third-order valence-electron chi connectivity index (χ3n) is 4.04. The van der Waals surface area contributed by atoms with Crippen LogP contribution in [0.2, 0.25) is 0 Å². The number of aromatic nitrogens is 2. The van der Waals surface area contributed by atoms with Crippen molar-refractivity contribution in [1.82, 2.24) is 9.55 Å². The molecule has 1 unspecified atom stereocenters. The molecule has 20 heavy (non-hydrogen) atoms. The molecule has 0 aliphatic heterocycles. The fourth-order valence-corrected chi connectivity index (χ4v) is 2.74. The zero-order valence-electron chi connectivity index (χ0n) is 13.1. The third kappa shape index (κ3) is 5.77. The van der Waals surface area contributed by atoms with Gasteiger partial charge in [0.05, 0.1) is 0 Å². The summed E-state index contributed by atoms with van der Waals surface area (Å²) in [4.78, 5) is 4.35. The van der Waals surface area contributed by atoms with Crippen LogP contribution in [-0.4, -0.2) is 9.55 Å². The SMILES string of the molecule is CCCCCCCCCCC(CC)c1nccn1C#N. The number of hydrogen-bond donors (Lipinski definition) is 0. The number of hydrogen-bond acceptors (Lipinski definition) is 2. The van der Waals surface area contributed by atoms with Crippen LogP contribution in [0.4, 0.5) is 0 Å². The Kier molecular flexibility index (Phi) is 8.78. The van der Waals surface area contributed by atoms with Crippen molar-refractivity contribution in [3.8, 4) is 6.19 Å². The molecule has 1 aromatic rings. The molecule has 0 saturated carbocycles. The van der Waals surface area contributed by atoms with E-state index in [1.165, 1.54) is 51.4 Å². The highest BCUT2D eigenvalue weighted by Gasteiger charge is 2.14. The van der Waals surface area contributed by atoms with Crippen molar-refractivity contribution >= 4 is 0 Å². The molecule has 0 fully saturated rings. The minimum Gasteiger partial charge on any atom is -0.240 e. The monoisotopic (exact) mass is 275 g/mol. The highest BCUT2D eigenvalue weighted by Crippen LogP contribution is 2.24. The molecule has 0 aliphatic carbocycles. The average molecular weight is 275 g/mol. The van der Waals surface area contributed by atoms with Gasteiger partial charge in [-0.2, -0.15) is 5.26 Å². The molecule has 0 spiro atoms. The molecule has 0 aromatic carbocycles. The first-order valence-electron chi connectivity index (χ1n) is 8.26. The van der Waals surface area contributed by atoms with Crippen molar-refractivity contribution in [2.75, 3.05) is 0 Å². The fourth-order valence-electron chi connectivity index (χ4n) is 2.74. The maximum atomic E-state index is 9.04. The fraction of sp³-hybridized carbons (Fsp3) is 0.765. The van der Waals surface area contributed by atoms with E-state index in [9.17, 15) is 0 Å². The first kappa shape index (κ1) is 16.8. The van der Waals surface area contributed by atoms with Crippen molar-refractivity contribution in [1.29, 1.82) is 5.26 Å². The van der Waals surface area contributed by atoms with Gasteiger partial charge in [0.2, 0.25) is 0 Å². The van der Waals surface area contributed by atoms with Gasteiger partial charge in [-0.3, -0.25) is 0 Å². The van der Waals surface area contributed by atoms with Crippen LogP contribution >= 0.6 is 0 Å². The maximum absolute atomic E-state index is 9.04. The summed E-state index contributed by atoms with van der Waals surface area (Å²) in [5, 5.41) is 9.04. The third-order valence-corrected chi connectivity index (χ3v) is 4.04. The van der Waals surface area contributed by atoms with E-state index in [-0.39, 0.29) is 0 Å². The molecule has 3 heteroatoms. The Morgan fingerprint density at radius 2 is 1.75 bits per heavy atom. The number of imidazole rings is 1. The van der Waals surface area contributed by atoms with E-state index in [2.05, 4.69) is 25.0 Å². The maximum Gasteiger partial charge on any atom is 0.189 e. The highest BCUT2D eigenvalue weighted by atomic mass is 15.1. The van der Waals surface area contributed by atoms with Gasteiger partial charge in [0.25, 0.3) is 0 Å². The van der Waals surface area contributed by atoms with Crippen molar-refractivity contribution < 1.29 is 0 Å². The summed E-state index contributed by atoms with van der Waals surface area (Å²) in [5.74, 6) is 1.38. The summed E-state index contributed by atoms with van der Waals surface area (Å²) >= 11 is 0. The van der Waals surface area contributed by atoms with E-state index >= 15 is 0 Å². The lowest BCUT2D eigenvalue weighted by atomic mass is 9.97.